The molecular formula is C24H31N5O4. The van der Waals surface area contributed by atoms with Gasteiger partial charge in [0.1, 0.15) is 11.6 Å². The maximum absolute atomic E-state index is 12.8. The summed E-state index contributed by atoms with van der Waals surface area (Å²) in [6.07, 6.45) is 4.47. The summed E-state index contributed by atoms with van der Waals surface area (Å²) in [7, 11) is 1.55. The van der Waals surface area contributed by atoms with Crippen LogP contribution in [-0.4, -0.2) is 52.0 Å². The van der Waals surface area contributed by atoms with Crippen LogP contribution in [0.15, 0.2) is 59.6 Å². The molecule has 9 heteroatoms. The number of aromatic amines is 1. The molecular weight excluding hydrogens is 422 g/mol. The maximum Gasteiger partial charge on any atom is 0.415 e. The summed E-state index contributed by atoms with van der Waals surface area (Å²) in [5, 5.41) is 3.15. The summed E-state index contributed by atoms with van der Waals surface area (Å²) >= 11 is 0. The Hall–Kier alpha value is -3.72. The van der Waals surface area contributed by atoms with E-state index in [1.807, 2.05) is 6.92 Å². The lowest BCUT2D eigenvalue weighted by molar-refractivity contribution is -0.122. The molecule has 1 aromatic carbocycles. The quantitative estimate of drug-likeness (QED) is 0.416. The minimum Gasteiger partial charge on any atom is -0.410 e. The largest absolute Gasteiger partial charge is 0.415 e. The Morgan fingerprint density at radius 1 is 1.36 bits per heavy atom. The Morgan fingerprint density at radius 3 is 2.67 bits per heavy atom. The fourth-order valence-electron chi connectivity index (χ4n) is 2.77. The highest BCUT2D eigenvalue weighted by Gasteiger charge is 2.30. The summed E-state index contributed by atoms with van der Waals surface area (Å²) < 4.78 is 5.51. The normalized spacial score (nSPS) is 13.1. The zero-order valence-corrected chi connectivity index (χ0v) is 19.6. The lowest BCUT2D eigenvalue weighted by atomic mass is 10.0. The van der Waals surface area contributed by atoms with Crippen LogP contribution in [0.4, 0.5) is 4.79 Å². The Morgan fingerprint density at radius 2 is 2.03 bits per heavy atom. The molecule has 2 amide bonds. The lowest BCUT2D eigenvalue weighted by Gasteiger charge is -2.35. The lowest BCUT2D eigenvalue weighted by Crippen LogP contribution is -2.54. The van der Waals surface area contributed by atoms with E-state index < -0.39 is 17.7 Å². The third-order valence-corrected chi connectivity index (χ3v) is 5.12. The van der Waals surface area contributed by atoms with E-state index in [1.54, 1.807) is 70.3 Å². The standard InChI is InChI=1S/C24H31N5O4/c1-7-8-11-17(20-27-19-13-10-9-12-18(19)22(31)28-20)16(3)33-23(32)29(6)24(4,5)14-26-21(30)15(2)25/h7-13,15H,3,14,25H2,1-2,4-6H3,(H,26,30)(H,27,28,31)/b8-7-,17-11+. The zero-order chi connectivity index (χ0) is 24.8. The van der Waals surface area contributed by atoms with E-state index in [9.17, 15) is 14.4 Å². The van der Waals surface area contributed by atoms with E-state index in [0.717, 1.165) is 0 Å². The average Bonchev–Trinajstić information content (AvgIpc) is 2.77. The minimum atomic E-state index is -0.773. The molecule has 0 fully saturated rings. The summed E-state index contributed by atoms with van der Waals surface area (Å²) in [6.45, 7) is 11.0. The van der Waals surface area contributed by atoms with Gasteiger partial charge in [0.2, 0.25) is 5.91 Å². The average molecular weight is 454 g/mol. The first-order valence-corrected chi connectivity index (χ1v) is 10.5. The minimum absolute atomic E-state index is 0.0128. The molecule has 9 nitrogen and oxygen atoms in total. The van der Waals surface area contributed by atoms with Crippen molar-refractivity contribution < 1.29 is 14.3 Å². The van der Waals surface area contributed by atoms with E-state index in [1.165, 1.54) is 4.90 Å². The maximum atomic E-state index is 12.8. The van der Waals surface area contributed by atoms with E-state index in [-0.39, 0.29) is 29.6 Å². The van der Waals surface area contributed by atoms with Gasteiger partial charge in [0, 0.05) is 13.6 Å². The monoisotopic (exact) mass is 453 g/mol. The van der Waals surface area contributed by atoms with Gasteiger partial charge < -0.3 is 25.7 Å². The van der Waals surface area contributed by atoms with E-state index in [0.29, 0.717) is 16.5 Å². The number of hydrogen-bond acceptors (Lipinski definition) is 6. The fraction of sp³-hybridized carbons (Fsp3) is 0.333. The molecule has 1 heterocycles. The van der Waals surface area contributed by atoms with Crippen molar-refractivity contribution in [2.45, 2.75) is 39.3 Å². The van der Waals surface area contributed by atoms with Crippen molar-refractivity contribution in [3.05, 3.63) is 71.0 Å². The number of aromatic nitrogens is 2. The van der Waals surface area contributed by atoms with Gasteiger partial charge in [0.05, 0.1) is 28.1 Å². The van der Waals surface area contributed by atoms with Crippen molar-refractivity contribution >= 4 is 28.5 Å². The van der Waals surface area contributed by atoms with Crippen LogP contribution in [0.2, 0.25) is 0 Å². The molecule has 0 aliphatic rings. The number of H-pyrrole nitrogens is 1. The first-order valence-electron chi connectivity index (χ1n) is 10.5. The van der Waals surface area contributed by atoms with Crippen LogP contribution in [0, 0.1) is 0 Å². The number of nitrogens with one attached hydrogen (secondary N) is 2. The van der Waals surface area contributed by atoms with Gasteiger partial charge in [-0.25, -0.2) is 9.78 Å². The first kappa shape index (κ1) is 25.5. The summed E-state index contributed by atoms with van der Waals surface area (Å²) in [6, 6.07) is 6.28. The molecule has 2 rings (SSSR count). The van der Waals surface area contributed by atoms with Crippen molar-refractivity contribution in [3.8, 4) is 0 Å². The van der Waals surface area contributed by atoms with Gasteiger partial charge in [-0.1, -0.05) is 30.9 Å². The second kappa shape index (κ2) is 10.7. The van der Waals surface area contributed by atoms with Gasteiger partial charge in [-0.3, -0.25) is 9.59 Å². The number of rotatable bonds is 8. The van der Waals surface area contributed by atoms with Crippen molar-refractivity contribution in [3.63, 3.8) is 0 Å². The number of benzene rings is 1. The highest BCUT2D eigenvalue weighted by Crippen LogP contribution is 2.23. The van der Waals surface area contributed by atoms with Crippen molar-refractivity contribution in [1.29, 1.82) is 0 Å². The van der Waals surface area contributed by atoms with Gasteiger partial charge in [-0.05, 0) is 45.9 Å². The second-order valence-corrected chi connectivity index (χ2v) is 8.21. The van der Waals surface area contributed by atoms with Crippen molar-refractivity contribution in [2.24, 2.45) is 5.73 Å². The van der Waals surface area contributed by atoms with E-state index in [4.69, 9.17) is 10.5 Å². The number of nitrogens with zero attached hydrogens (tertiary/aromatic N) is 2. The van der Waals surface area contributed by atoms with Crippen LogP contribution < -0.4 is 16.6 Å². The van der Waals surface area contributed by atoms with Gasteiger partial charge in [-0.15, -0.1) is 0 Å². The SMILES string of the molecule is C=C(OC(=O)N(C)C(C)(C)CNC(=O)C(C)N)/C(=C\C=C/C)c1nc2ccccc2c(=O)[nH]1. The highest BCUT2D eigenvalue weighted by atomic mass is 16.6. The van der Waals surface area contributed by atoms with E-state index in [2.05, 4.69) is 21.9 Å². The molecule has 4 N–H and O–H groups in total. The van der Waals surface area contributed by atoms with Crippen LogP contribution in [0.5, 0.6) is 0 Å². The summed E-state index contributed by atoms with van der Waals surface area (Å²) in [5.74, 6) is -0.0864. The third-order valence-electron chi connectivity index (χ3n) is 5.12. The number of allylic oxidation sites excluding steroid dienone is 4. The number of hydrogen-bond donors (Lipinski definition) is 3. The highest BCUT2D eigenvalue weighted by molar-refractivity contribution is 5.83. The molecule has 1 atom stereocenters. The molecule has 2 aromatic rings. The van der Waals surface area contributed by atoms with Gasteiger partial charge in [0.25, 0.3) is 5.56 Å². The predicted molar refractivity (Wildman–Crippen MR) is 129 cm³/mol. The topological polar surface area (TPSA) is 130 Å². The number of likely N-dealkylation sites (N-methyl/N-ethyl adjacent to an activating group) is 1. The Bertz CT molecular complexity index is 1160. The molecule has 176 valence electrons. The Kier molecular flexibility index (Phi) is 8.31. The van der Waals surface area contributed by atoms with Gasteiger partial charge in [-0.2, -0.15) is 0 Å². The molecule has 1 unspecified atom stereocenters. The molecule has 0 bridgehead atoms. The molecule has 0 saturated carbocycles. The molecule has 1 aromatic heterocycles. The predicted octanol–water partition coefficient (Wildman–Crippen LogP) is 2.71. The number of carbonyl (C=O) groups excluding carboxylic acids is 2. The molecule has 33 heavy (non-hydrogen) atoms. The number of amides is 2. The number of ether oxygens (including phenoxy) is 1. The Balaban J connectivity index is 2.26. The van der Waals surface area contributed by atoms with Crippen LogP contribution >= 0.6 is 0 Å². The van der Waals surface area contributed by atoms with Crippen molar-refractivity contribution in [2.75, 3.05) is 13.6 Å². The molecule has 0 saturated heterocycles. The number of para-hydroxylation sites is 1. The molecule has 0 radical (unpaired) electrons. The molecule has 0 aliphatic heterocycles. The van der Waals surface area contributed by atoms with Crippen LogP contribution in [0.3, 0.4) is 0 Å². The van der Waals surface area contributed by atoms with Gasteiger partial charge in [0.15, 0.2) is 0 Å². The summed E-state index contributed by atoms with van der Waals surface area (Å²) in [5.41, 5.74) is 5.33. The van der Waals surface area contributed by atoms with Crippen LogP contribution in [0.1, 0.15) is 33.5 Å². The number of nitrogens with two attached hydrogens (primary N) is 1. The fourth-order valence-corrected chi connectivity index (χ4v) is 2.77. The molecule has 0 aliphatic carbocycles. The number of carbonyl (C=O) groups is 2. The smallest absolute Gasteiger partial charge is 0.410 e. The van der Waals surface area contributed by atoms with Gasteiger partial charge >= 0.3 is 6.09 Å². The first-order chi connectivity index (χ1) is 15.5. The van der Waals surface area contributed by atoms with E-state index >= 15 is 0 Å². The molecule has 0 spiro atoms. The Labute approximate surface area is 193 Å². The van der Waals surface area contributed by atoms with Crippen LogP contribution in [-0.2, 0) is 9.53 Å². The zero-order valence-electron chi connectivity index (χ0n) is 19.6. The summed E-state index contributed by atoms with van der Waals surface area (Å²) in [4.78, 5) is 45.7. The van der Waals surface area contributed by atoms with Crippen molar-refractivity contribution in [1.82, 2.24) is 20.2 Å². The van der Waals surface area contributed by atoms with Crippen LogP contribution in [0.25, 0.3) is 16.5 Å². The second-order valence-electron chi connectivity index (χ2n) is 8.21. The third kappa shape index (κ3) is 6.39. The number of fused-ring (bicyclic) bond motifs is 1.